The molecule has 1 aliphatic rings. The van der Waals surface area contributed by atoms with E-state index in [1.54, 1.807) is 11.8 Å². The third kappa shape index (κ3) is 4.58. The number of hydrogen-bond acceptors (Lipinski definition) is 3. The Balaban J connectivity index is 2.48. The number of carbonyl (C=O) groups excluding carboxylic acids is 1. The normalized spacial score (nSPS) is 18.8. The van der Waals surface area contributed by atoms with E-state index in [0.717, 1.165) is 0 Å². The Morgan fingerprint density at radius 1 is 1.39 bits per heavy atom. The molecule has 0 atom stereocenters. The number of hydrogen-bond donors (Lipinski definition) is 1. The number of carbonyl (C=O) groups is 1. The molecule has 4 nitrogen and oxygen atoms in total. The van der Waals surface area contributed by atoms with Gasteiger partial charge < -0.3 is 14.7 Å². The van der Waals surface area contributed by atoms with Crippen LogP contribution in [-0.4, -0.2) is 40.4 Å². The zero-order valence-electron chi connectivity index (χ0n) is 11.7. The van der Waals surface area contributed by atoms with Crippen LogP contribution in [0, 0.1) is 11.8 Å². The number of piperidine rings is 1. The molecule has 0 aromatic carbocycles. The van der Waals surface area contributed by atoms with E-state index in [1.165, 1.54) is 0 Å². The van der Waals surface area contributed by atoms with Crippen molar-refractivity contribution in [3.8, 4) is 11.8 Å². The van der Waals surface area contributed by atoms with Gasteiger partial charge in [0.25, 0.3) is 0 Å². The molecule has 0 aromatic heterocycles. The lowest BCUT2D eigenvalue weighted by Crippen LogP contribution is -2.47. The Kier molecular flexibility index (Phi) is 4.64. The van der Waals surface area contributed by atoms with E-state index in [2.05, 4.69) is 11.8 Å². The monoisotopic (exact) mass is 253 g/mol. The highest BCUT2D eigenvalue weighted by atomic mass is 16.6. The van der Waals surface area contributed by atoms with Crippen LogP contribution in [0.3, 0.4) is 0 Å². The van der Waals surface area contributed by atoms with Crippen molar-refractivity contribution in [2.24, 2.45) is 0 Å². The highest BCUT2D eigenvalue weighted by Gasteiger charge is 2.34. The molecule has 0 aromatic rings. The minimum Gasteiger partial charge on any atom is -0.444 e. The van der Waals surface area contributed by atoms with E-state index < -0.39 is 11.2 Å². The zero-order chi connectivity index (χ0) is 13.8. The molecule has 1 amide bonds. The fourth-order valence-corrected chi connectivity index (χ4v) is 1.86. The SMILES string of the molecule is CC#CCC1(O)CCN(C(=O)OC(C)(C)C)CC1. The van der Waals surface area contributed by atoms with E-state index in [-0.39, 0.29) is 6.09 Å². The summed E-state index contributed by atoms with van der Waals surface area (Å²) in [5, 5.41) is 10.3. The van der Waals surface area contributed by atoms with Crippen molar-refractivity contribution in [1.82, 2.24) is 4.90 Å². The predicted octanol–water partition coefficient (Wildman–Crippen LogP) is 2.16. The molecule has 1 heterocycles. The fraction of sp³-hybridized carbons (Fsp3) is 0.786. The summed E-state index contributed by atoms with van der Waals surface area (Å²) in [7, 11) is 0. The summed E-state index contributed by atoms with van der Waals surface area (Å²) in [5.41, 5.74) is -1.22. The minimum absolute atomic E-state index is 0.300. The molecule has 1 rings (SSSR count). The molecule has 0 saturated carbocycles. The van der Waals surface area contributed by atoms with Crippen LogP contribution in [0.15, 0.2) is 0 Å². The number of likely N-dealkylation sites (tertiary alicyclic amines) is 1. The van der Waals surface area contributed by atoms with Gasteiger partial charge in [0.15, 0.2) is 0 Å². The van der Waals surface area contributed by atoms with Crippen LogP contribution < -0.4 is 0 Å². The van der Waals surface area contributed by atoms with Gasteiger partial charge >= 0.3 is 6.09 Å². The summed E-state index contributed by atoms with van der Waals surface area (Å²) in [6.45, 7) is 8.36. The summed E-state index contributed by atoms with van der Waals surface area (Å²) in [4.78, 5) is 13.5. The molecule has 1 saturated heterocycles. The van der Waals surface area contributed by atoms with E-state index in [4.69, 9.17) is 4.74 Å². The van der Waals surface area contributed by atoms with Crippen molar-refractivity contribution < 1.29 is 14.6 Å². The van der Waals surface area contributed by atoms with Crippen molar-refractivity contribution in [2.45, 2.75) is 58.2 Å². The summed E-state index contributed by atoms with van der Waals surface area (Å²) >= 11 is 0. The smallest absolute Gasteiger partial charge is 0.410 e. The summed E-state index contributed by atoms with van der Waals surface area (Å²) in [6.07, 6.45) is 1.29. The quantitative estimate of drug-likeness (QED) is 0.729. The van der Waals surface area contributed by atoms with Gasteiger partial charge in [-0.15, -0.1) is 11.8 Å². The number of ether oxygens (including phenoxy) is 1. The van der Waals surface area contributed by atoms with Gasteiger partial charge in [0.2, 0.25) is 0 Å². The maximum atomic E-state index is 11.8. The fourth-order valence-electron chi connectivity index (χ4n) is 1.86. The van der Waals surface area contributed by atoms with Crippen LogP contribution in [0.4, 0.5) is 4.79 Å². The third-order valence-corrected chi connectivity index (χ3v) is 2.94. The standard InChI is InChI=1S/C14H23NO3/c1-5-6-7-14(17)8-10-15(11-9-14)12(16)18-13(2,3)4/h17H,7-11H2,1-4H3. The van der Waals surface area contributed by atoms with Crippen molar-refractivity contribution in [1.29, 1.82) is 0 Å². The molecule has 1 aliphatic heterocycles. The second kappa shape index (κ2) is 5.62. The first-order valence-electron chi connectivity index (χ1n) is 6.36. The second-order valence-corrected chi connectivity index (χ2v) is 5.80. The average molecular weight is 253 g/mol. The molecule has 0 radical (unpaired) electrons. The maximum absolute atomic E-state index is 11.8. The molecule has 102 valence electrons. The van der Waals surface area contributed by atoms with Gasteiger partial charge in [0.05, 0.1) is 5.60 Å². The van der Waals surface area contributed by atoms with E-state index in [1.807, 2.05) is 20.8 Å². The Morgan fingerprint density at radius 2 is 1.94 bits per heavy atom. The van der Waals surface area contributed by atoms with Crippen molar-refractivity contribution in [3.05, 3.63) is 0 Å². The highest BCUT2D eigenvalue weighted by Crippen LogP contribution is 2.26. The van der Waals surface area contributed by atoms with E-state index >= 15 is 0 Å². The second-order valence-electron chi connectivity index (χ2n) is 5.80. The van der Waals surface area contributed by atoms with Gasteiger partial charge in [-0.25, -0.2) is 4.79 Å². The lowest BCUT2D eigenvalue weighted by molar-refractivity contribution is -0.0289. The van der Waals surface area contributed by atoms with E-state index in [0.29, 0.717) is 32.4 Å². The Bertz CT molecular complexity index is 351. The van der Waals surface area contributed by atoms with Gasteiger partial charge in [0, 0.05) is 19.5 Å². The Hall–Kier alpha value is -1.21. The molecule has 0 aliphatic carbocycles. The first-order chi connectivity index (χ1) is 8.26. The number of nitrogens with zero attached hydrogens (tertiary/aromatic N) is 1. The van der Waals surface area contributed by atoms with Crippen LogP contribution in [-0.2, 0) is 4.74 Å². The van der Waals surface area contributed by atoms with Gasteiger partial charge in [-0.3, -0.25) is 0 Å². The van der Waals surface area contributed by atoms with Crippen LogP contribution in [0.1, 0.15) is 47.0 Å². The summed E-state index contributed by atoms with van der Waals surface area (Å²) < 4.78 is 5.30. The molecule has 4 heteroatoms. The highest BCUT2D eigenvalue weighted by molar-refractivity contribution is 5.68. The topological polar surface area (TPSA) is 49.8 Å². The lowest BCUT2D eigenvalue weighted by Gasteiger charge is -2.37. The summed E-state index contributed by atoms with van der Waals surface area (Å²) in [6, 6.07) is 0. The number of amides is 1. The van der Waals surface area contributed by atoms with Crippen molar-refractivity contribution in [3.63, 3.8) is 0 Å². The Morgan fingerprint density at radius 3 is 2.39 bits per heavy atom. The Labute approximate surface area is 109 Å². The van der Waals surface area contributed by atoms with Gasteiger partial charge in [-0.1, -0.05) is 0 Å². The lowest BCUT2D eigenvalue weighted by atomic mass is 9.88. The molecule has 0 unspecified atom stereocenters. The molecular weight excluding hydrogens is 230 g/mol. The zero-order valence-corrected chi connectivity index (χ0v) is 11.7. The maximum Gasteiger partial charge on any atom is 0.410 e. The summed E-state index contributed by atoms with van der Waals surface area (Å²) in [5.74, 6) is 5.70. The number of aliphatic hydroxyl groups is 1. The molecule has 0 bridgehead atoms. The van der Waals surface area contributed by atoms with Crippen molar-refractivity contribution >= 4 is 6.09 Å². The molecule has 18 heavy (non-hydrogen) atoms. The van der Waals surface area contributed by atoms with Gasteiger partial charge in [-0.2, -0.15) is 0 Å². The van der Waals surface area contributed by atoms with Gasteiger partial charge in [0.1, 0.15) is 5.60 Å². The average Bonchev–Trinajstić information content (AvgIpc) is 2.25. The molecule has 1 fully saturated rings. The van der Waals surface area contributed by atoms with Crippen LogP contribution in [0.25, 0.3) is 0 Å². The third-order valence-electron chi connectivity index (χ3n) is 2.94. The largest absolute Gasteiger partial charge is 0.444 e. The van der Waals surface area contributed by atoms with E-state index in [9.17, 15) is 9.90 Å². The van der Waals surface area contributed by atoms with Crippen LogP contribution in [0.2, 0.25) is 0 Å². The van der Waals surface area contributed by atoms with Crippen LogP contribution >= 0.6 is 0 Å². The molecule has 1 N–H and O–H groups in total. The van der Waals surface area contributed by atoms with Crippen molar-refractivity contribution in [2.75, 3.05) is 13.1 Å². The number of rotatable bonds is 1. The first-order valence-corrected chi connectivity index (χ1v) is 6.36. The van der Waals surface area contributed by atoms with Crippen LogP contribution in [0.5, 0.6) is 0 Å². The minimum atomic E-state index is -0.748. The first kappa shape index (κ1) is 14.8. The van der Waals surface area contributed by atoms with Gasteiger partial charge in [-0.05, 0) is 40.5 Å². The predicted molar refractivity (Wildman–Crippen MR) is 70.1 cm³/mol. The molecular formula is C14H23NO3. The molecule has 0 spiro atoms.